The predicted molar refractivity (Wildman–Crippen MR) is 103 cm³/mol. The number of benzene rings is 2. The van der Waals surface area contributed by atoms with E-state index in [-0.39, 0.29) is 23.0 Å². The molecule has 130 valence electrons. The molecule has 4 rings (SSSR count). The third-order valence-corrected chi connectivity index (χ3v) is 4.45. The molecule has 8 heteroatoms. The van der Waals surface area contributed by atoms with E-state index in [0.717, 1.165) is 16.3 Å². The largest absolute Gasteiger partial charge is 0.397 e. The van der Waals surface area contributed by atoms with Gasteiger partial charge in [0.1, 0.15) is 29.3 Å². The number of aromatic nitrogens is 1. The maximum absolute atomic E-state index is 9.37. The lowest BCUT2D eigenvalue weighted by molar-refractivity contribution is 0.848. The first-order chi connectivity index (χ1) is 13.1. The van der Waals surface area contributed by atoms with Crippen LogP contribution in [0.2, 0.25) is 0 Å². The van der Waals surface area contributed by atoms with Crippen LogP contribution in [0, 0.1) is 22.8 Å². The molecule has 0 spiro atoms. The summed E-state index contributed by atoms with van der Waals surface area (Å²) in [5, 5.41) is 25.9. The zero-order valence-corrected chi connectivity index (χ0v) is 14.1. The molecule has 1 aliphatic heterocycles. The molecule has 0 saturated heterocycles. The van der Waals surface area contributed by atoms with E-state index in [1.165, 1.54) is 0 Å². The lowest BCUT2D eigenvalue weighted by Gasteiger charge is -2.26. The van der Waals surface area contributed by atoms with Gasteiger partial charge in [-0.15, -0.1) is 0 Å². The molecular weight excluding hydrogens is 340 g/mol. The van der Waals surface area contributed by atoms with Gasteiger partial charge in [0, 0.05) is 5.56 Å². The Kier molecular flexibility index (Phi) is 3.72. The van der Waals surface area contributed by atoms with Crippen LogP contribution in [0.15, 0.2) is 47.5 Å². The van der Waals surface area contributed by atoms with Crippen molar-refractivity contribution in [1.29, 1.82) is 10.5 Å². The number of pyridine rings is 1. The van der Waals surface area contributed by atoms with Crippen LogP contribution >= 0.6 is 0 Å². The van der Waals surface area contributed by atoms with E-state index < -0.39 is 6.04 Å². The Bertz CT molecular complexity index is 1180. The zero-order valence-electron chi connectivity index (χ0n) is 14.1. The average Bonchev–Trinajstić information content (AvgIpc) is 2.67. The Hall–Kier alpha value is -4.30. The van der Waals surface area contributed by atoms with Crippen LogP contribution < -0.4 is 22.1 Å². The highest BCUT2D eigenvalue weighted by atomic mass is 15.2. The average molecular weight is 354 g/mol. The van der Waals surface area contributed by atoms with Crippen molar-refractivity contribution in [1.82, 2.24) is 10.3 Å². The van der Waals surface area contributed by atoms with Crippen molar-refractivity contribution in [2.75, 3.05) is 16.8 Å². The molecule has 8 nitrogen and oxygen atoms in total. The number of nitrogen functional groups attached to an aromatic ring is 2. The zero-order chi connectivity index (χ0) is 19.0. The van der Waals surface area contributed by atoms with Gasteiger partial charge in [-0.2, -0.15) is 10.5 Å². The minimum atomic E-state index is -0.540. The third-order valence-electron chi connectivity index (χ3n) is 4.45. The molecule has 1 unspecified atom stereocenters. The molecule has 1 atom stereocenters. The van der Waals surface area contributed by atoms with Crippen LogP contribution in [0.5, 0.6) is 0 Å². The highest BCUT2D eigenvalue weighted by Crippen LogP contribution is 2.40. The van der Waals surface area contributed by atoms with E-state index in [1.807, 2.05) is 54.7 Å². The standard InChI is InChI=1S/C19H14N8/c20-8-13-15(22)14-16(12-6-5-10-3-1-2-4-11(10)7-12)25-19(24-9-21)27-18(14)26-17(13)23/h1-7,16H,(H6,22,23,24,25,26,27). The minimum absolute atomic E-state index is 0.0247. The van der Waals surface area contributed by atoms with Crippen LogP contribution in [0.1, 0.15) is 22.7 Å². The number of nitrogens with one attached hydrogen (secondary N) is 2. The second kappa shape index (κ2) is 6.21. The predicted octanol–water partition coefficient (Wildman–Crippen LogP) is 2.21. The van der Waals surface area contributed by atoms with Crippen LogP contribution in [-0.4, -0.2) is 10.9 Å². The number of guanidine groups is 1. The SMILES string of the molecule is N#CNC1=NC(c2ccc3ccccc3c2)c2c(nc(N)c(C#N)c2N)N1. The monoisotopic (exact) mass is 354 g/mol. The molecule has 0 fully saturated rings. The molecule has 2 heterocycles. The van der Waals surface area contributed by atoms with Gasteiger partial charge in [-0.1, -0.05) is 36.4 Å². The summed E-state index contributed by atoms with van der Waals surface area (Å²) in [6.45, 7) is 0. The van der Waals surface area contributed by atoms with E-state index in [9.17, 15) is 5.26 Å². The second-order valence-electron chi connectivity index (χ2n) is 6.01. The van der Waals surface area contributed by atoms with E-state index in [4.69, 9.17) is 16.7 Å². The normalized spacial score (nSPS) is 15.0. The van der Waals surface area contributed by atoms with Gasteiger partial charge in [0.25, 0.3) is 0 Å². The quantitative estimate of drug-likeness (QED) is 0.386. The summed E-state index contributed by atoms with van der Waals surface area (Å²) < 4.78 is 0. The molecule has 2 aromatic carbocycles. The van der Waals surface area contributed by atoms with Crippen molar-refractivity contribution in [2.24, 2.45) is 4.99 Å². The van der Waals surface area contributed by atoms with E-state index in [2.05, 4.69) is 20.6 Å². The Labute approximate surface area is 154 Å². The molecule has 6 N–H and O–H groups in total. The van der Waals surface area contributed by atoms with Gasteiger partial charge in [-0.25, -0.2) is 9.98 Å². The summed E-state index contributed by atoms with van der Waals surface area (Å²) in [7, 11) is 0. The Morgan fingerprint density at radius 3 is 2.59 bits per heavy atom. The lowest BCUT2D eigenvalue weighted by atomic mass is 9.93. The first kappa shape index (κ1) is 16.2. The van der Waals surface area contributed by atoms with Crippen LogP contribution in [0.3, 0.4) is 0 Å². The smallest absolute Gasteiger partial charge is 0.211 e. The number of fused-ring (bicyclic) bond motifs is 2. The number of hydrogen-bond acceptors (Lipinski definition) is 8. The summed E-state index contributed by atoms with van der Waals surface area (Å²) >= 11 is 0. The fraction of sp³-hybridized carbons (Fsp3) is 0.0526. The molecule has 1 aliphatic rings. The van der Waals surface area contributed by atoms with Crippen molar-refractivity contribution in [3.8, 4) is 12.3 Å². The summed E-state index contributed by atoms with van der Waals surface area (Å²) in [6.07, 6.45) is 1.84. The van der Waals surface area contributed by atoms with Gasteiger partial charge in [-0.05, 0) is 22.4 Å². The summed E-state index contributed by atoms with van der Waals surface area (Å²) in [6, 6.07) is 15.3. The number of hydrogen-bond donors (Lipinski definition) is 4. The van der Waals surface area contributed by atoms with E-state index in [1.54, 1.807) is 0 Å². The highest BCUT2D eigenvalue weighted by molar-refractivity contribution is 5.98. The fourth-order valence-electron chi connectivity index (χ4n) is 3.20. The van der Waals surface area contributed by atoms with Crippen LogP contribution in [0.25, 0.3) is 10.8 Å². The Morgan fingerprint density at radius 1 is 1.07 bits per heavy atom. The maximum Gasteiger partial charge on any atom is 0.211 e. The molecule has 27 heavy (non-hydrogen) atoms. The Morgan fingerprint density at radius 2 is 1.85 bits per heavy atom. The summed E-state index contributed by atoms with van der Waals surface area (Å²) in [4.78, 5) is 8.81. The van der Waals surface area contributed by atoms with Crippen molar-refractivity contribution in [3.63, 3.8) is 0 Å². The number of nitrogens with two attached hydrogens (primary N) is 2. The highest BCUT2D eigenvalue weighted by Gasteiger charge is 2.29. The lowest BCUT2D eigenvalue weighted by Crippen LogP contribution is -2.32. The van der Waals surface area contributed by atoms with Crippen molar-refractivity contribution in [2.45, 2.75) is 6.04 Å². The fourth-order valence-corrected chi connectivity index (χ4v) is 3.20. The third kappa shape index (κ3) is 2.62. The molecule has 0 saturated carbocycles. The molecule has 3 aromatic rings. The maximum atomic E-state index is 9.37. The first-order valence-corrected chi connectivity index (χ1v) is 8.10. The van der Waals surface area contributed by atoms with Crippen LogP contribution in [-0.2, 0) is 0 Å². The van der Waals surface area contributed by atoms with Crippen molar-refractivity contribution < 1.29 is 0 Å². The number of rotatable bonds is 1. The second-order valence-corrected chi connectivity index (χ2v) is 6.01. The van der Waals surface area contributed by atoms with E-state index in [0.29, 0.717) is 11.4 Å². The number of anilines is 3. The Balaban J connectivity index is 1.95. The van der Waals surface area contributed by atoms with Crippen molar-refractivity contribution in [3.05, 3.63) is 59.2 Å². The van der Waals surface area contributed by atoms with Gasteiger partial charge in [0.2, 0.25) is 5.96 Å². The van der Waals surface area contributed by atoms with Crippen LogP contribution in [0.4, 0.5) is 17.3 Å². The number of nitrogens with zero attached hydrogens (tertiary/aromatic N) is 4. The molecule has 0 amide bonds. The van der Waals surface area contributed by atoms with Gasteiger partial charge in [0.15, 0.2) is 6.19 Å². The number of aliphatic imine (C=N–C) groups is 1. The molecule has 0 radical (unpaired) electrons. The number of nitriles is 2. The minimum Gasteiger partial charge on any atom is -0.397 e. The molecule has 1 aromatic heterocycles. The van der Waals surface area contributed by atoms with Gasteiger partial charge < -0.3 is 16.8 Å². The van der Waals surface area contributed by atoms with Gasteiger partial charge in [0.05, 0.1) is 5.69 Å². The van der Waals surface area contributed by atoms with Crippen molar-refractivity contribution >= 4 is 34.1 Å². The van der Waals surface area contributed by atoms with Gasteiger partial charge >= 0.3 is 0 Å². The molecule has 0 aliphatic carbocycles. The first-order valence-electron chi connectivity index (χ1n) is 8.10. The molecule has 0 bridgehead atoms. The summed E-state index contributed by atoms with van der Waals surface area (Å²) in [5.74, 6) is 0.630. The summed E-state index contributed by atoms with van der Waals surface area (Å²) in [5.41, 5.74) is 13.9. The van der Waals surface area contributed by atoms with E-state index >= 15 is 0 Å². The topological polar surface area (TPSA) is 149 Å². The van der Waals surface area contributed by atoms with Gasteiger partial charge in [-0.3, -0.25) is 5.32 Å². The molecular formula is C19H14N8.